The number of benzene rings is 1. The molecule has 0 saturated heterocycles. The molecule has 0 aliphatic carbocycles. The van der Waals surface area contributed by atoms with Crippen molar-refractivity contribution in [2.24, 2.45) is 0 Å². The average molecular weight is 219 g/mol. The highest BCUT2D eigenvalue weighted by atomic mass is 16.1. The molecule has 0 N–H and O–H groups in total. The van der Waals surface area contributed by atoms with Crippen LogP contribution in [-0.2, 0) is 4.79 Å². The Labute approximate surface area is 98.3 Å². The Morgan fingerprint density at radius 2 is 1.69 bits per heavy atom. The van der Waals surface area contributed by atoms with Gasteiger partial charge in [0, 0.05) is 11.7 Å². The lowest BCUT2D eigenvalue weighted by molar-refractivity contribution is -0.107. The van der Waals surface area contributed by atoms with E-state index < -0.39 is 0 Å². The molecule has 2 heteroatoms. The minimum atomic E-state index is 0.342. The third-order valence-electron chi connectivity index (χ3n) is 2.81. The summed E-state index contributed by atoms with van der Waals surface area (Å²) in [6, 6.07) is 10.2. The highest BCUT2D eigenvalue weighted by Gasteiger charge is 2.16. The summed E-state index contributed by atoms with van der Waals surface area (Å²) in [6.45, 7) is 4.33. The van der Waals surface area contributed by atoms with E-state index in [1.54, 1.807) is 0 Å². The van der Waals surface area contributed by atoms with E-state index in [-0.39, 0.29) is 0 Å². The number of amides is 1. The molecule has 16 heavy (non-hydrogen) atoms. The molecule has 0 fully saturated rings. The molecule has 88 valence electrons. The maximum absolute atomic E-state index is 11.2. The summed E-state index contributed by atoms with van der Waals surface area (Å²) >= 11 is 0. The number of carbonyl (C=O) groups excluding carboxylic acids is 1. The Balaban J connectivity index is 2.81. The molecular formula is C14H21NO. The molecule has 0 aliphatic rings. The first-order valence-electron chi connectivity index (χ1n) is 6.12. The molecule has 0 spiro atoms. The van der Waals surface area contributed by atoms with Crippen LogP contribution in [0.25, 0.3) is 0 Å². The zero-order chi connectivity index (χ0) is 11.8. The highest BCUT2D eigenvalue weighted by Crippen LogP contribution is 2.20. The summed E-state index contributed by atoms with van der Waals surface area (Å²) in [5.74, 6) is 0. The van der Waals surface area contributed by atoms with Crippen LogP contribution in [0.3, 0.4) is 0 Å². The summed E-state index contributed by atoms with van der Waals surface area (Å²) in [5.41, 5.74) is 1.00. The molecule has 1 aromatic rings. The van der Waals surface area contributed by atoms with Crippen LogP contribution < -0.4 is 4.90 Å². The lowest BCUT2D eigenvalue weighted by Crippen LogP contribution is -2.33. The van der Waals surface area contributed by atoms with E-state index in [0.717, 1.165) is 37.8 Å². The molecule has 0 atom stereocenters. The molecule has 0 aromatic heterocycles. The van der Waals surface area contributed by atoms with Crippen LogP contribution >= 0.6 is 0 Å². The van der Waals surface area contributed by atoms with Gasteiger partial charge in [-0.05, 0) is 25.0 Å². The number of rotatable bonds is 7. The van der Waals surface area contributed by atoms with Gasteiger partial charge in [-0.2, -0.15) is 0 Å². The third kappa shape index (κ3) is 3.37. The summed E-state index contributed by atoms with van der Waals surface area (Å²) in [6.07, 6.45) is 5.33. The standard InChI is InChI=1S/C14H21NO/c1-3-8-13(9-4-2)15(12-16)14-10-6-5-7-11-14/h5-7,10-13H,3-4,8-9H2,1-2H3. The Morgan fingerprint density at radius 3 is 2.12 bits per heavy atom. The second-order valence-electron chi connectivity index (χ2n) is 4.08. The molecule has 0 saturated carbocycles. The Kier molecular flexibility index (Phi) is 5.62. The van der Waals surface area contributed by atoms with Crippen molar-refractivity contribution >= 4 is 12.1 Å². The Bertz CT molecular complexity index is 291. The molecule has 1 aromatic carbocycles. The first kappa shape index (κ1) is 12.8. The lowest BCUT2D eigenvalue weighted by Gasteiger charge is -2.28. The van der Waals surface area contributed by atoms with Crippen molar-refractivity contribution in [1.82, 2.24) is 0 Å². The average Bonchev–Trinajstić information content (AvgIpc) is 2.32. The smallest absolute Gasteiger partial charge is 0.214 e. The van der Waals surface area contributed by atoms with E-state index in [9.17, 15) is 4.79 Å². The van der Waals surface area contributed by atoms with E-state index in [1.165, 1.54) is 0 Å². The van der Waals surface area contributed by atoms with Crippen molar-refractivity contribution in [3.8, 4) is 0 Å². The maximum Gasteiger partial charge on any atom is 0.214 e. The summed E-state index contributed by atoms with van der Waals surface area (Å²) in [7, 11) is 0. The molecule has 0 bridgehead atoms. The van der Waals surface area contributed by atoms with Crippen LogP contribution in [0.4, 0.5) is 5.69 Å². The number of para-hydroxylation sites is 1. The van der Waals surface area contributed by atoms with Crippen molar-refractivity contribution in [3.63, 3.8) is 0 Å². The normalized spacial score (nSPS) is 10.4. The van der Waals surface area contributed by atoms with Gasteiger partial charge in [-0.1, -0.05) is 44.9 Å². The van der Waals surface area contributed by atoms with Gasteiger partial charge in [0.1, 0.15) is 0 Å². The maximum atomic E-state index is 11.2. The minimum Gasteiger partial charge on any atom is -0.312 e. The summed E-state index contributed by atoms with van der Waals surface area (Å²) < 4.78 is 0. The van der Waals surface area contributed by atoms with Crippen LogP contribution in [0.15, 0.2) is 30.3 Å². The highest BCUT2D eigenvalue weighted by molar-refractivity contribution is 5.75. The van der Waals surface area contributed by atoms with Gasteiger partial charge in [0.2, 0.25) is 6.41 Å². The van der Waals surface area contributed by atoms with Gasteiger partial charge in [0.25, 0.3) is 0 Å². The van der Waals surface area contributed by atoms with Gasteiger partial charge in [0.15, 0.2) is 0 Å². The second-order valence-corrected chi connectivity index (χ2v) is 4.08. The third-order valence-corrected chi connectivity index (χ3v) is 2.81. The lowest BCUT2D eigenvalue weighted by atomic mass is 10.0. The fourth-order valence-electron chi connectivity index (χ4n) is 2.05. The Morgan fingerprint density at radius 1 is 1.12 bits per heavy atom. The predicted octanol–water partition coefficient (Wildman–Crippen LogP) is 3.62. The minimum absolute atomic E-state index is 0.342. The van der Waals surface area contributed by atoms with E-state index >= 15 is 0 Å². The van der Waals surface area contributed by atoms with Crippen LogP contribution in [-0.4, -0.2) is 12.5 Å². The van der Waals surface area contributed by atoms with E-state index in [2.05, 4.69) is 13.8 Å². The van der Waals surface area contributed by atoms with Crippen molar-refractivity contribution in [2.75, 3.05) is 4.90 Å². The molecule has 2 nitrogen and oxygen atoms in total. The molecule has 0 unspecified atom stereocenters. The van der Waals surface area contributed by atoms with Gasteiger partial charge in [-0.25, -0.2) is 0 Å². The van der Waals surface area contributed by atoms with Gasteiger partial charge in [-0.3, -0.25) is 4.79 Å². The van der Waals surface area contributed by atoms with Crippen molar-refractivity contribution < 1.29 is 4.79 Å². The SMILES string of the molecule is CCCC(CCC)N(C=O)c1ccccc1. The molecule has 0 heterocycles. The fourth-order valence-corrected chi connectivity index (χ4v) is 2.05. The van der Waals surface area contributed by atoms with Crippen LogP contribution in [0.1, 0.15) is 39.5 Å². The van der Waals surface area contributed by atoms with Gasteiger partial charge in [0.05, 0.1) is 0 Å². The van der Waals surface area contributed by atoms with E-state index in [0.29, 0.717) is 6.04 Å². The molecule has 0 radical (unpaired) electrons. The summed E-state index contributed by atoms with van der Waals surface area (Å²) in [4.78, 5) is 13.1. The number of hydrogen-bond donors (Lipinski definition) is 0. The molecule has 1 amide bonds. The largest absolute Gasteiger partial charge is 0.312 e. The van der Waals surface area contributed by atoms with Gasteiger partial charge in [-0.15, -0.1) is 0 Å². The zero-order valence-electron chi connectivity index (χ0n) is 10.2. The van der Waals surface area contributed by atoms with Gasteiger partial charge >= 0.3 is 0 Å². The molecule has 0 aliphatic heterocycles. The van der Waals surface area contributed by atoms with Crippen molar-refractivity contribution in [2.45, 2.75) is 45.6 Å². The van der Waals surface area contributed by atoms with Gasteiger partial charge < -0.3 is 4.90 Å². The van der Waals surface area contributed by atoms with E-state index in [4.69, 9.17) is 0 Å². The number of anilines is 1. The number of nitrogens with zero attached hydrogens (tertiary/aromatic N) is 1. The monoisotopic (exact) mass is 219 g/mol. The fraction of sp³-hybridized carbons (Fsp3) is 0.500. The Hall–Kier alpha value is -1.31. The topological polar surface area (TPSA) is 20.3 Å². The van der Waals surface area contributed by atoms with E-state index in [1.807, 2.05) is 35.2 Å². The number of carbonyl (C=O) groups is 1. The van der Waals surface area contributed by atoms with Crippen molar-refractivity contribution in [3.05, 3.63) is 30.3 Å². The molecule has 1 rings (SSSR count). The molecular weight excluding hydrogens is 198 g/mol. The van der Waals surface area contributed by atoms with Crippen LogP contribution in [0.5, 0.6) is 0 Å². The van der Waals surface area contributed by atoms with Crippen molar-refractivity contribution in [1.29, 1.82) is 0 Å². The second kappa shape index (κ2) is 7.04. The first-order valence-corrected chi connectivity index (χ1v) is 6.12. The van der Waals surface area contributed by atoms with Crippen LogP contribution in [0, 0.1) is 0 Å². The number of hydrogen-bond acceptors (Lipinski definition) is 1. The first-order chi connectivity index (χ1) is 7.83. The zero-order valence-corrected chi connectivity index (χ0v) is 10.2. The quantitative estimate of drug-likeness (QED) is 0.641. The van der Waals surface area contributed by atoms with Crippen LogP contribution in [0.2, 0.25) is 0 Å². The predicted molar refractivity (Wildman–Crippen MR) is 68.6 cm³/mol. The summed E-state index contributed by atoms with van der Waals surface area (Å²) in [5, 5.41) is 0.